The van der Waals surface area contributed by atoms with Crippen molar-refractivity contribution >= 4 is 27.0 Å². The Labute approximate surface area is 245 Å². The molecule has 0 saturated carbocycles. The average Bonchev–Trinajstić information content (AvgIpc) is 3.57. The molecule has 0 unspecified atom stereocenters. The van der Waals surface area contributed by atoms with E-state index in [1.54, 1.807) is 26.0 Å². The Hall–Kier alpha value is -4.75. The van der Waals surface area contributed by atoms with E-state index in [0.717, 1.165) is 22.9 Å². The van der Waals surface area contributed by atoms with Gasteiger partial charge in [-0.25, -0.2) is 8.42 Å². The first-order valence-electron chi connectivity index (χ1n) is 13.6. The summed E-state index contributed by atoms with van der Waals surface area (Å²) in [5.41, 5.74) is 2.52. The minimum Gasteiger partial charge on any atom is -0.478 e. The van der Waals surface area contributed by atoms with Crippen LogP contribution in [0.25, 0.3) is 11.3 Å². The van der Waals surface area contributed by atoms with Crippen LogP contribution in [0, 0.1) is 0 Å². The van der Waals surface area contributed by atoms with Crippen molar-refractivity contribution in [2.24, 2.45) is 0 Å². The van der Waals surface area contributed by atoms with E-state index in [-0.39, 0.29) is 10.7 Å². The van der Waals surface area contributed by atoms with Crippen LogP contribution in [0.2, 0.25) is 0 Å². The van der Waals surface area contributed by atoms with Crippen LogP contribution >= 0.6 is 0 Å². The van der Waals surface area contributed by atoms with Gasteiger partial charge in [0.15, 0.2) is 15.4 Å². The number of sulfone groups is 1. The second kappa shape index (κ2) is 10.3. The molecule has 0 saturated heterocycles. The molecule has 6 nitrogen and oxygen atoms in total. The fourth-order valence-corrected chi connectivity index (χ4v) is 6.26. The molecule has 210 valence electrons. The Balaban J connectivity index is 1.59. The predicted octanol–water partition coefficient (Wildman–Crippen LogP) is 6.37. The number of ketones is 1. The summed E-state index contributed by atoms with van der Waals surface area (Å²) in [6.07, 6.45) is 3.06. The van der Waals surface area contributed by atoms with E-state index in [0.29, 0.717) is 22.6 Å². The number of aromatic nitrogens is 2. The summed E-state index contributed by atoms with van der Waals surface area (Å²) in [6.45, 7) is 3.46. The van der Waals surface area contributed by atoms with Crippen molar-refractivity contribution in [1.29, 1.82) is 0 Å². The first kappa shape index (κ1) is 27.4. The highest BCUT2D eigenvalue weighted by atomic mass is 32.2. The van der Waals surface area contributed by atoms with Gasteiger partial charge in [0.05, 0.1) is 16.2 Å². The van der Waals surface area contributed by atoms with Crippen LogP contribution in [0.4, 0.5) is 0 Å². The summed E-state index contributed by atoms with van der Waals surface area (Å²) in [7, 11) is -3.37. The van der Waals surface area contributed by atoms with E-state index >= 15 is 0 Å². The van der Waals surface area contributed by atoms with Crippen LogP contribution in [0.3, 0.4) is 0 Å². The van der Waals surface area contributed by atoms with Crippen molar-refractivity contribution in [2.75, 3.05) is 6.26 Å². The van der Waals surface area contributed by atoms with Gasteiger partial charge >= 0.3 is 0 Å². The largest absolute Gasteiger partial charge is 0.478 e. The zero-order valence-electron chi connectivity index (χ0n) is 23.6. The molecule has 6 rings (SSSR count). The average molecular weight is 575 g/mol. The Morgan fingerprint density at radius 1 is 0.714 bits per heavy atom. The number of hydrogen-bond acceptors (Lipinski definition) is 5. The molecule has 0 N–H and O–H groups in total. The Morgan fingerprint density at radius 2 is 1.19 bits per heavy atom. The van der Waals surface area contributed by atoms with Crippen molar-refractivity contribution in [1.82, 2.24) is 9.78 Å². The predicted molar refractivity (Wildman–Crippen MR) is 163 cm³/mol. The molecule has 0 fully saturated rings. The lowest BCUT2D eigenvalue weighted by atomic mass is 9.77. The number of carbonyl (C=O) groups excluding carboxylic acids is 1. The molecule has 42 heavy (non-hydrogen) atoms. The van der Waals surface area contributed by atoms with E-state index < -0.39 is 21.0 Å². The van der Waals surface area contributed by atoms with Gasteiger partial charge in [-0.05, 0) is 60.9 Å². The quantitative estimate of drug-likeness (QED) is 0.211. The van der Waals surface area contributed by atoms with Crippen molar-refractivity contribution < 1.29 is 17.9 Å². The molecule has 0 atom stereocenters. The summed E-state index contributed by atoms with van der Waals surface area (Å²) in [5.74, 6) is 0.180. The fraction of sp³-hybridized carbons (Fsp3) is 0.143. The summed E-state index contributed by atoms with van der Waals surface area (Å²) in [4.78, 5) is 14.0. The van der Waals surface area contributed by atoms with E-state index in [1.165, 1.54) is 12.1 Å². The monoisotopic (exact) mass is 574 g/mol. The number of rotatable bonds is 7. The molecule has 2 heterocycles. The number of nitrogens with zero attached hydrogens (tertiary/aromatic N) is 2. The maximum Gasteiger partial charge on any atom is 0.211 e. The van der Waals surface area contributed by atoms with Gasteiger partial charge in [-0.1, -0.05) is 91.0 Å². The molecule has 0 spiro atoms. The van der Waals surface area contributed by atoms with Gasteiger partial charge in [-0.3, -0.25) is 9.48 Å². The smallest absolute Gasteiger partial charge is 0.211 e. The zero-order valence-corrected chi connectivity index (χ0v) is 24.4. The molecule has 1 aromatic heterocycles. The summed E-state index contributed by atoms with van der Waals surface area (Å²) in [6, 6.07) is 38.8. The number of carbonyl (C=O) groups is 1. The lowest BCUT2D eigenvalue weighted by Crippen LogP contribution is -2.38. The van der Waals surface area contributed by atoms with Crippen LogP contribution < -0.4 is 0 Å². The highest BCUT2D eigenvalue weighted by Crippen LogP contribution is 2.44. The van der Waals surface area contributed by atoms with Crippen molar-refractivity contribution in [3.05, 3.63) is 155 Å². The summed E-state index contributed by atoms with van der Waals surface area (Å²) in [5, 5.41) is 5.10. The van der Waals surface area contributed by atoms with Gasteiger partial charge in [0, 0.05) is 18.0 Å². The van der Waals surface area contributed by atoms with Crippen LogP contribution in [-0.4, -0.2) is 35.8 Å². The maximum absolute atomic E-state index is 13.8. The van der Waals surface area contributed by atoms with Gasteiger partial charge < -0.3 is 4.74 Å². The zero-order chi connectivity index (χ0) is 29.5. The van der Waals surface area contributed by atoms with Crippen LogP contribution in [-0.2, 0) is 24.9 Å². The molecule has 7 heteroatoms. The molecule has 0 amide bonds. The van der Waals surface area contributed by atoms with Gasteiger partial charge in [0.1, 0.15) is 11.3 Å². The van der Waals surface area contributed by atoms with Crippen molar-refractivity contribution in [3.8, 4) is 0 Å². The lowest BCUT2D eigenvalue weighted by molar-refractivity contribution is -0.125. The molecule has 1 aliphatic heterocycles. The van der Waals surface area contributed by atoms with Gasteiger partial charge in [0.25, 0.3) is 0 Å². The molecule has 5 aromatic rings. The fourth-order valence-electron chi connectivity index (χ4n) is 5.63. The molecular weight excluding hydrogens is 544 g/mol. The van der Waals surface area contributed by atoms with Gasteiger partial charge in [-0.2, -0.15) is 5.10 Å². The maximum atomic E-state index is 13.8. The van der Waals surface area contributed by atoms with E-state index in [2.05, 4.69) is 36.4 Å². The molecule has 0 aliphatic carbocycles. The van der Waals surface area contributed by atoms with Crippen LogP contribution in [0.15, 0.2) is 132 Å². The van der Waals surface area contributed by atoms with E-state index in [9.17, 15) is 13.2 Å². The number of hydrogen-bond donors (Lipinski definition) is 0. The number of ether oxygens (including phenoxy) is 1. The van der Waals surface area contributed by atoms with Crippen LogP contribution in [0.1, 0.15) is 41.8 Å². The van der Waals surface area contributed by atoms with E-state index in [1.807, 2.05) is 71.5 Å². The second-order valence-corrected chi connectivity index (χ2v) is 12.9. The van der Waals surface area contributed by atoms with Gasteiger partial charge in [-0.15, -0.1) is 0 Å². The summed E-state index contributed by atoms with van der Waals surface area (Å²) < 4.78 is 32.2. The highest BCUT2D eigenvalue weighted by molar-refractivity contribution is 7.90. The third kappa shape index (κ3) is 4.56. The van der Waals surface area contributed by atoms with E-state index in [4.69, 9.17) is 9.84 Å². The van der Waals surface area contributed by atoms with Gasteiger partial charge in [0.2, 0.25) is 5.78 Å². The third-order valence-corrected chi connectivity index (χ3v) is 8.79. The Bertz CT molecular complexity index is 1800. The number of Topliss-reactive ketones (excluding diaryl/α,β-unsaturated/α-hetero) is 1. The molecule has 0 radical (unpaired) electrons. The minimum absolute atomic E-state index is 0.194. The van der Waals surface area contributed by atoms with Crippen molar-refractivity contribution in [2.45, 2.75) is 29.9 Å². The SMILES string of the molecule is CC1(C)OC(c2ccc(S(C)(=O)=O)cc2)=C(c2ccn(C(c3ccccc3)(c3ccccc3)c3ccccc3)n2)C1=O. The topological polar surface area (TPSA) is 78.3 Å². The number of benzene rings is 4. The lowest BCUT2D eigenvalue weighted by Gasteiger charge is -2.36. The van der Waals surface area contributed by atoms with Crippen LogP contribution in [0.5, 0.6) is 0 Å². The summed E-state index contributed by atoms with van der Waals surface area (Å²) >= 11 is 0. The molecule has 4 aromatic carbocycles. The third-order valence-electron chi connectivity index (χ3n) is 7.67. The second-order valence-electron chi connectivity index (χ2n) is 10.9. The molecule has 0 bridgehead atoms. The molecule has 1 aliphatic rings. The molecular formula is C35H30N2O4S. The standard InChI is InChI=1S/C35H30N2O4S/c1-34(2)33(38)31(32(41-34)25-19-21-29(22-20-25)42(3,39)40)30-23-24-37(36-30)35(26-13-7-4-8-14-26,27-15-9-5-10-16-27)28-17-11-6-12-18-28/h4-24H,1-3H3. The Morgan fingerprint density at radius 3 is 1.64 bits per heavy atom. The Kier molecular flexibility index (Phi) is 6.70. The normalized spacial score (nSPS) is 15.1. The first-order valence-corrected chi connectivity index (χ1v) is 15.5. The first-order chi connectivity index (χ1) is 20.1. The van der Waals surface area contributed by atoms with Crippen molar-refractivity contribution in [3.63, 3.8) is 0 Å². The highest BCUT2D eigenvalue weighted by Gasteiger charge is 2.45. The minimum atomic E-state index is -3.37.